The normalized spacial score (nSPS) is 17.2. The first-order chi connectivity index (χ1) is 12.9. The number of ether oxygens (including phenoxy) is 1. The van der Waals surface area contributed by atoms with Crippen LogP contribution in [0.25, 0.3) is 10.6 Å². The number of aromatic amines is 1. The molecule has 3 rings (SSSR count). The van der Waals surface area contributed by atoms with Gasteiger partial charge in [0.25, 0.3) is 0 Å². The summed E-state index contributed by atoms with van der Waals surface area (Å²) < 4.78 is 5.61. The van der Waals surface area contributed by atoms with Crippen LogP contribution in [0.15, 0.2) is 24.4 Å². The highest BCUT2D eigenvalue weighted by atomic mass is 32.1. The third-order valence-corrected chi connectivity index (χ3v) is 5.35. The Morgan fingerprint density at radius 3 is 2.78 bits per heavy atom. The van der Waals surface area contributed by atoms with E-state index in [1.54, 1.807) is 12.3 Å². The second-order valence-electron chi connectivity index (χ2n) is 6.23. The third-order valence-electron chi connectivity index (χ3n) is 4.27. The van der Waals surface area contributed by atoms with Crippen molar-refractivity contribution in [3.05, 3.63) is 30.0 Å². The number of nitrogens with zero attached hydrogens (tertiary/aromatic N) is 1. The highest BCUT2D eigenvalue weighted by Crippen LogP contribution is 2.35. The van der Waals surface area contributed by atoms with Gasteiger partial charge in [0.1, 0.15) is 11.1 Å². The number of carbonyl (C=O) groups is 3. The van der Waals surface area contributed by atoms with Crippen LogP contribution in [0.5, 0.6) is 0 Å². The molecule has 1 aliphatic rings. The number of H-pyrrole nitrogens is 1. The summed E-state index contributed by atoms with van der Waals surface area (Å²) >= 11 is 1.22. The molecule has 27 heavy (non-hydrogen) atoms. The van der Waals surface area contributed by atoms with E-state index in [-0.39, 0.29) is 12.1 Å². The lowest BCUT2D eigenvalue weighted by molar-refractivity contribution is 0.0242. The van der Waals surface area contributed by atoms with Gasteiger partial charge in [-0.2, -0.15) is 0 Å². The van der Waals surface area contributed by atoms with Crippen LogP contribution in [0.4, 0.5) is 14.6 Å². The summed E-state index contributed by atoms with van der Waals surface area (Å²) in [5.41, 5.74) is 11.6. The number of amides is 4. The summed E-state index contributed by atoms with van der Waals surface area (Å²) in [5.74, 6) is -0.580. The van der Waals surface area contributed by atoms with Crippen LogP contribution in [0.1, 0.15) is 29.6 Å². The summed E-state index contributed by atoms with van der Waals surface area (Å²) in [4.78, 5) is 40.8. The SMILES string of the molecule is NC(=O)Nc1sc(-c2ccc[nH]2)cc1C(=O)OC1CCCCN(C(N)=O)C1. The minimum Gasteiger partial charge on any atom is -0.457 e. The smallest absolute Gasteiger partial charge is 0.341 e. The molecule has 144 valence electrons. The van der Waals surface area contributed by atoms with E-state index >= 15 is 0 Å². The third kappa shape index (κ3) is 4.59. The van der Waals surface area contributed by atoms with Gasteiger partial charge in [-0.1, -0.05) is 0 Å². The van der Waals surface area contributed by atoms with Crippen molar-refractivity contribution in [1.29, 1.82) is 0 Å². The van der Waals surface area contributed by atoms with Crippen molar-refractivity contribution < 1.29 is 19.1 Å². The van der Waals surface area contributed by atoms with E-state index in [4.69, 9.17) is 16.2 Å². The molecule has 0 aromatic carbocycles. The average molecular weight is 391 g/mol. The maximum Gasteiger partial charge on any atom is 0.341 e. The second kappa shape index (κ2) is 8.12. The van der Waals surface area contributed by atoms with Gasteiger partial charge in [-0.3, -0.25) is 5.32 Å². The minimum absolute atomic E-state index is 0.221. The van der Waals surface area contributed by atoms with Crippen LogP contribution in [0.3, 0.4) is 0 Å². The van der Waals surface area contributed by atoms with Crippen LogP contribution in [-0.2, 0) is 4.74 Å². The number of nitrogens with one attached hydrogen (secondary N) is 2. The number of anilines is 1. The Morgan fingerprint density at radius 1 is 1.30 bits per heavy atom. The quantitative estimate of drug-likeness (QED) is 0.593. The first-order valence-corrected chi connectivity index (χ1v) is 9.35. The Kier molecular flexibility index (Phi) is 5.65. The molecule has 0 aliphatic carbocycles. The number of hydrogen-bond donors (Lipinski definition) is 4. The zero-order valence-electron chi connectivity index (χ0n) is 14.6. The summed E-state index contributed by atoms with van der Waals surface area (Å²) in [6, 6.07) is 4.03. The van der Waals surface area contributed by atoms with Crippen molar-refractivity contribution in [1.82, 2.24) is 9.88 Å². The number of rotatable bonds is 4. The van der Waals surface area contributed by atoms with Crippen LogP contribution in [0.2, 0.25) is 0 Å². The summed E-state index contributed by atoms with van der Waals surface area (Å²) in [6.45, 7) is 0.806. The molecule has 6 N–H and O–H groups in total. The fourth-order valence-electron chi connectivity index (χ4n) is 2.98. The molecule has 10 heteroatoms. The topological polar surface area (TPSA) is 144 Å². The Hall–Kier alpha value is -3.01. The van der Waals surface area contributed by atoms with Gasteiger partial charge in [0, 0.05) is 12.7 Å². The summed E-state index contributed by atoms with van der Waals surface area (Å²) in [7, 11) is 0. The molecule has 1 unspecified atom stereocenters. The number of likely N-dealkylation sites (tertiary alicyclic amines) is 1. The van der Waals surface area contributed by atoms with Crippen molar-refractivity contribution in [2.45, 2.75) is 25.4 Å². The molecule has 9 nitrogen and oxygen atoms in total. The molecule has 1 fully saturated rings. The average Bonchev–Trinajstić information content (AvgIpc) is 3.20. The van der Waals surface area contributed by atoms with Gasteiger partial charge in [0.05, 0.1) is 22.7 Å². The molecular weight excluding hydrogens is 370 g/mol. The summed E-state index contributed by atoms with van der Waals surface area (Å²) in [6.07, 6.45) is 3.58. The predicted octanol–water partition coefficient (Wildman–Crippen LogP) is 2.32. The molecule has 0 radical (unpaired) electrons. The van der Waals surface area contributed by atoms with E-state index in [0.29, 0.717) is 18.0 Å². The van der Waals surface area contributed by atoms with Gasteiger partial charge in [-0.15, -0.1) is 11.3 Å². The second-order valence-corrected chi connectivity index (χ2v) is 7.29. The molecule has 0 bridgehead atoms. The van der Waals surface area contributed by atoms with Crippen LogP contribution < -0.4 is 16.8 Å². The highest BCUT2D eigenvalue weighted by molar-refractivity contribution is 7.20. The van der Waals surface area contributed by atoms with Crippen LogP contribution >= 0.6 is 11.3 Å². The Bertz CT molecular complexity index is 833. The summed E-state index contributed by atoms with van der Waals surface area (Å²) in [5, 5.41) is 2.79. The fraction of sp³-hybridized carbons (Fsp3) is 0.353. The molecule has 1 atom stereocenters. The molecule has 0 saturated carbocycles. The van der Waals surface area contributed by atoms with E-state index in [1.807, 2.05) is 12.1 Å². The van der Waals surface area contributed by atoms with Crippen molar-refractivity contribution >= 4 is 34.4 Å². The number of nitrogens with two attached hydrogens (primary N) is 2. The van der Waals surface area contributed by atoms with E-state index < -0.39 is 24.1 Å². The van der Waals surface area contributed by atoms with Gasteiger partial charge in [-0.25, -0.2) is 14.4 Å². The zero-order chi connectivity index (χ0) is 19.4. The maximum absolute atomic E-state index is 12.7. The monoisotopic (exact) mass is 391 g/mol. The lowest BCUT2D eigenvalue weighted by Crippen LogP contribution is -2.41. The Balaban J connectivity index is 1.80. The Labute approximate surface area is 159 Å². The number of carbonyl (C=O) groups excluding carboxylic acids is 3. The lowest BCUT2D eigenvalue weighted by Gasteiger charge is -2.22. The fourth-order valence-corrected chi connectivity index (χ4v) is 4.02. The Morgan fingerprint density at radius 2 is 2.11 bits per heavy atom. The maximum atomic E-state index is 12.7. The number of urea groups is 2. The first kappa shape index (κ1) is 18.8. The van der Waals surface area contributed by atoms with E-state index in [9.17, 15) is 14.4 Å². The zero-order valence-corrected chi connectivity index (χ0v) is 15.4. The number of esters is 1. The van der Waals surface area contributed by atoms with Crippen molar-refractivity contribution in [3.63, 3.8) is 0 Å². The van der Waals surface area contributed by atoms with Crippen molar-refractivity contribution in [2.24, 2.45) is 11.5 Å². The van der Waals surface area contributed by atoms with Crippen molar-refractivity contribution in [3.8, 4) is 10.6 Å². The van der Waals surface area contributed by atoms with Gasteiger partial charge >= 0.3 is 18.0 Å². The first-order valence-electron chi connectivity index (χ1n) is 8.53. The van der Waals surface area contributed by atoms with E-state index in [0.717, 1.165) is 23.4 Å². The number of hydrogen-bond acceptors (Lipinski definition) is 5. The molecule has 1 aliphatic heterocycles. The number of primary amides is 2. The van der Waals surface area contributed by atoms with Gasteiger partial charge < -0.3 is 26.1 Å². The minimum atomic E-state index is -0.765. The molecule has 3 heterocycles. The van der Waals surface area contributed by atoms with Gasteiger partial charge in [0.15, 0.2) is 0 Å². The molecule has 1 saturated heterocycles. The van der Waals surface area contributed by atoms with Gasteiger partial charge in [0.2, 0.25) is 0 Å². The lowest BCUT2D eigenvalue weighted by atomic mass is 10.2. The molecule has 4 amide bonds. The van der Waals surface area contributed by atoms with E-state index in [1.165, 1.54) is 16.2 Å². The highest BCUT2D eigenvalue weighted by Gasteiger charge is 2.26. The van der Waals surface area contributed by atoms with E-state index in [2.05, 4.69) is 10.3 Å². The van der Waals surface area contributed by atoms with Crippen molar-refractivity contribution in [2.75, 3.05) is 18.4 Å². The van der Waals surface area contributed by atoms with Crippen LogP contribution in [-0.4, -0.2) is 47.1 Å². The molecule has 0 spiro atoms. The molecular formula is C17H21N5O4S. The largest absolute Gasteiger partial charge is 0.457 e. The molecule has 2 aromatic rings. The predicted molar refractivity (Wildman–Crippen MR) is 102 cm³/mol. The standard InChI is InChI=1S/C17H21N5O4S/c18-16(24)21-14-11(8-13(27-14)12-5-3-6-20-12)15(23)26-10-4-1-2-7-22(9-10)17(19)25/h3,5-6,8,10,20H,1-2,4,7,9H2,(H2,19,25)(H3,18,21,24). The molecule has 2 aromatic heterocycles. The number of thiophene rings is 1. The van der Waals surface area contributed by atoms with Crippen LogP contribution in [0, 0.1) is 0 Å². The number of aromatic nitrogens is 1. The van der Waals surface area contributed by atoms with Gasteiger partial charge in [-0.05, 0) is 37.5 Å².